The Morgan fingerprint density at radius 2 is 2.00 bits per heavy atom. The Morgan fingerprint density at radius 1 is 1.19 bits per heavy atom. The van der Waals surface area contributed by atoms with Gasteiger partial charge in [0.2, 0.25) is 0 Å². The minimum atomic E-state index is -0.477. The topological polar surface area (TPSA) is 79.0 Å². The highest BCUT2D eigenvalue weighted by atomic mass is 16.7. The summed E-state index contributed by atoms with van der Waals surface area (Å²) >= 11 is 0. The van der Waals surface area contributed by atoms with E-state index in [9.17, 15) is 14.4 Å². The molecule has 3 rings (SSSR count). The van der Waals surface area contributed by atoms with Crippen molar-refractivity contribution in [3.05, 3.63) is 64.7 Å². The second kappa shape index (κ2) is 10.7. The first-order valence-corrected chi connectivity index (χ1v) is 10.7. The number of amides is 3. The summed E-state index contributed by atoms with van der Waals surface area (Å²) in [4.78, 5) is 43.2. The molecule has 2 aromatic carbocycles. The molecule has 31 heavy (non-hydrogen) atoms. The second-order valence-corrected chi connectivity index (χ2v) is 7.49. The average Bonchev–Trinajstić information content (AvgIpc) is 3.00. The van der Waals surface area contributed by atoms with Gasteiger partial charge in [0.15, 0.2) is 0 Å². The Hall–Kier alpha value is -3.19. The van der Waals surface area contributed by atoms with Crippen LogP contribution in [0, 0.1) is 6.92 Å². The van der Waals surface area contributed by atoms with Crippen molar-refractivity contribution in [2.24, 2.45) is 0 Å². The van der Waals surface area contributed by atoms with Crippen LogP contribution in [0.15, 0.2) is 42.5 Å². The SMILES string of the molecule is CCON(CC=O)C(=O)NCc1ccc(C(=O)N2CCCCc3ccccc32)cc1C. The van der Waals surface area contributed by atoms with E-state index < -0.39 is 6.03 Å². The highest BCUT2D eigenvalue weighted by Gasteiger charge is 2.22. The van der Waals surface area contributed by atoms with Gasteiger partial charge in [-0.1, -0.05) is 24.3 Å². The molecule has 7 heteroatoms. The van der Waals surface area contributed by atoms with Crippen LogP contribution in [-0.4, -0.2) is 43.0 Å². The molecule has 1 aliphatic heterocycles. The van der Waals surface area contributed by atoms with E-state index in [-0.39, 0.29) is 25.6 Å². The smallest absolute Gasteiger partial charge is 0.332 e. The minimum absolute atomic E-state index is 0.0125. The Balaban J connectivity index is 1.71. The molecule has 0 aliphatic carbocycles. The van der Waals surface area contributed by atoms with Crippen LogP contribution >= 0.6 is 0 Å². The van der Waals surface area contributed by atoms with E-state index in [1.807, 2.05) is 42.2 Å². The van der Waals surface area contributed by atoms with E-state index in [1.54, 1.807) is 13.0 Å². The van der Waals surface area contributed by atoms with Gasteiger partial charge in [-0.15, -0.1) is 0 Å². The van der Waals surface area contributed by atoms with Crippen LogP contribution in [0.5, 0.6) is 0 Å². The average molecular weight is 424 g/mol. The quantitative estimate of drug-likeness (QED) is 0.545. The van der Waals surface area contributed by atoms with E-state index in [0.717, 1.165) is 41.1 Å². The molecular formula is C24H29N3O4. The summed E-state index contributed by atoms with van der Waals surface area (Å²) in [6, 6.07) is 13.1. The number of aryl methyl sites for hydroxylation is 2. The first-order valence-electron chi connectivity index (χ1n) is 10.7. The lowest BCUT2D eigenvalue weighted by Crippen LogP contribution is -2.40. The molecule has 2 aromatic rings. The second-order valence-electron chi connectivity index (χ2n) is 7.49. The molecule has 0 radical (unpaired) electrons. The number of hydroxylamine groups is 2. The molecule has 0 spiro atoms. The molecule has 1 aliphatic rings. The number of rotatable bonds is 7. The van der Waals surface area contributed by atoms with Gasteiger partial charge in [0.05, 0.1) is 6.61 Å². The number of para-hydroxylation sites is 1. The van der Waals surface area contributed by atoms with Crippen LogP contribution < -0.4 is 10.2 Å². The van der Waals surface area contributed by atoms with Gasteiger partial charge in [0.1, 0.15) is 12.8 Å². The van der Waals surface area contributed by atoms with Gasteiger partial charge >= 0.3 is 6.03 Å². The van der Waals surface area contributed by atoms with E-state index in [2.05, 4.69) is 11.4 Å². The lowest BCUT2D eigenvalue weighted by atomic mass is 10.0. The van der Waals surface area contributed by atoms with Crippen LogP contribution in [-0.2, 0) is 22.6 Å². The number of carbonyl (C=O) groups is 3. The maximum absolute atomic E-state index is 13.3. The van der Waals surface area contributed by atoms with Crippen LogP contribution in [0.25, 0.3) is 0 Å². The van der Waals surface area contributed by atoms with Gasteiger partial charge in [-0.2, -0.15) is 5.06 Å². The standard InChI is InChI=1S/C24H29N3O4/c1-3-31-27(14-15-28)24(30)25-17-21-12-11-20(16-18(21)2)23(29)26-13-7-6-9-19-8-4-5-10-22(19)26/h4-5,8,10-12,15-16H,3,6-7,9,13-14,17H2,1-2H3,(H,25,30). The lowest BCUT2D eigenvalue weighted by Gasteiger charge is -2.23. The number of anilines is 1. The Morgan fingerprint density at radius 3 is 2.74 bits per heavy atom. The third-order valence-corrected chi connectivity index (χ3v) is 5.38. The van der Waals surface area contributed by atoms with Crippen molar-refractivity contribution in [1.29, 1.82) is 0 Å². The predicted molar refractivity (Wildman–Crippen MR) is 119 cm³/mol. The molecule has 0 aromatic heterocycles. The fourth-order valence-electron chi connectivity index (χ4n) is 3.76. The molecule has 164 valence electrons. The molecule has 1 heterocycles. The molecular weight excluding hydrogens is 394 g/mol. The van der Waals surface area contributed by atoms with Crippen molar-refractivity contribution in [3.8, 4) is 0 Å². The van der Waals surface area contributed by atoms with Crippen LogP contribution in [0.2, 0.25) is 0 Å². The van der Waals surface area contributed by atoms with E-state index >= 15 is 0 Å². The fraction of sp³-hybridized carbons (Fsp3) is 0.375. The van der Waals surface area contributed by atoms with Crippen LogP contribution in [0.3, 0.4) is 0 Å². The number of nitrogens with zero attached hydrogens (tertiary/aromatic N) is 2. The van der Waals surface area contributed by atoms with Gasteiger partial charge in [0.25, 0.3) is 5.91 Å². The number of hydrogen-bond acceptors (Lipinski definition) is 4. The maximum Gasteiger partial charge on any atom is 0.342 e. The molecule has 0 saturated heterocycles. The Bertz CT molecular complexity index is 944. The number of urea groups is 1. The molecule has 0 atom stereocenters. The number of hydrogen-bond donors (Lipinski definition) is 1. The Kier molecular flexibility index (Phi) is 7.78. The van der Waals surface area contributed by atoms with Gasteiger partial charge in [-0.05, 0) is 68.0 Å². The van der Waals surface area contributed by atoms with Crippen LogP contribution in [0.4, 0.5) is 10.5 Å². The summed E-state index contributed by atoms with van der Waals surface area (Å²) in [7, 11) is 0. The van der Waals surface area contributed by atoms with Gasteiger partial charge < -0.3 is 15.0 Å². The first-order chi connectivity index (χ1) is 15.0. The fourth-order valence-corrected chi connectivity index (χ4v) is 3.76. The van der Waals surface area contributed by atoms with Crippen molar-refractivity contribution < 1.29 is 19.2 Å². The number of carbonyl (C=O) groups excluding carboxylic acids is 3. The Labute approximate surface area is 182 Å². The number of benzene rings is 2. The van der Waals surface area contributed by atoms with E-state index in [1.165, 1.54) is 5.56 Å². The lowest BCUT2D eigenvalue weighted by molar-refractivity contribution is -0.130. The summed E-state index contributed by atoms with van der Waals surface area (Å²) in [6.45, 7) is 4.79. The molecule has 1 N–H and O–H groups in total. The zero-order valence-electron chi connectivity index (χ0n) is 18.1. The highest BCUT2D eigenvalue weighted by molar-refractivity contribution is 6.06. The highest BCUT2D eigenvalue weighted by Crippen LogP contribution is 2.28. The molecule has 7 nitrogen and oxygen atoms in total. The van der Waals surface area contributed by atoms with Crippen LogP contribution in [0.1, 0.15) is 46.8 Å². The molecule has 0 bridgehead atoms. The first kappa shape index (κ1) is 22.5. The monoisotopic (exact) mass is 423 g/mol. The minimum Gasteiger partial charge on any atom is -0.332 e. The number of fused-ring (bicyclic) bond motifs is 1. The largest absolute Gasteiger partial charge is 0.342 e. The maximum atomic E-state index is 13.3. The summed E-state index contributed by atoms with van der Waals surface area (Å²) < 4.78 is 0. The summed E-state index contributed by atoms with van der Waals surface area (Å²) in [6.07, 6.45) is 3.64. The van der Waals surface area contributed by atoms with Crippen molar-refractivity contribution in [3.63, 3.8) is 0 Å². The van der Waals surface area contributed by atoms with E-state index in [4.69, 9.17) is 4.84 Å². The molecule has 3 amide bonds. The van der Waals surface area contributed by atoms with Crippen molar-refractivity contribution >= 4 is 23.9 Å². The summed E-state index contributed by atoms with van der Waals surface area (Å²) in [5.41, 5.74) is 4.63. The van der Waals surface area contributed by atoms with Crippen molar-refractivity contribution in [2.75, 3.05) is 24.6 Å². The third-order valence-electron chi connectivity index (χ3n) is 5.38. The molecule has 0 unspecified atom stereocenters. The van der Waals surface area contributed by atoms with Crippen molar-refractivity contribution in [2.45, 2.75) is 39.7 Å². The zero-order chi connectivity index (χ0) is 22.2. The van der Waals surface area contributed by atoms with Crippen molar-refractivity contribution in [1.82, 2.24) is 10.4 Å². The van der Waals surface area contributed by atoms with Gasteiger partial charge in [-0.25, -0.2) is 4.79 Å². The predicted octanol–water partition coefficient (Wildman–Crippen LogP) is 3.64. The van der Waals surface area contributed by atoms with Gasteiger partial charge in [0, 0.05) is 24.3 Å². The number of aldehydes is 1. The normalized spacial score (nSPS) is 13.2. The number of nitrogens with one attached hydrogen (secondary N) is 1. The summed E-state index contributed by atoms with van der Waals surface area (Å²) in [5.74, 6) is -0.0125. The molecule has 0 fully saturated rings. The van der Waals surface area contributed by atoms with Gasteiger partial charge in [-0.3, -0.25) is 9.63 Å². The van der Waals surface area contributed by atoms with E-state index in [0.29, 0.717) is 18.4 Å². The third kappa shape index (κ3) is 5.49. The molecule has 0 saturated carbocycles. The summed E-state index contributed by atoms with van der Waals surface area (Å²) in [5, 5.41) is 3.75. The zero-order valence-corrected chi connectivity index (χ0v) is 18.1.